The highest BCUT2D eigenvalue weighted by atomic mass is 35.5. The van der Waals surface area contributed by atoms with Crippen molar-refractivity contribution in [3.05, 3.63) is 34.6 Å². The summed E-state index contributed by atoms with van der Waals surface area (Å²) in [6.45, 7) is 0. The van der Waals surface area contributed by atoms with Gasteiger partial charge in [0.1, 0.15) is 11.4 Å². The summed E-state index contributed by atoms with van der Waals surface area (Å²) in [6.07, 6.45) is 3.61. The number of rotatable bonds is 4. The van der Waals surface area contributed by atoms with Crippen molar-refractivity contribution >= 4 is 17.4 Å². The van der Waals surface area contributed by atoms with E-state index in [2.05, 4.69) is 0 Å². The lowest BCUT2D eigenvalue weighted by Gasteiger charge is -2.25. The summed E-state index contributed by atoms with van der Waals surface area (Å²) in [5.74, 6) is -0.491. The van der Waals surface area contributed by atoms with Gasteiger partial charge in [-0.25, -0.2) is 4.39 Å². The molecule has 0 saturated heterocycles. The summed E-state index contributed by atoms with van der Waals surface area (Å²) < 4.78 is 18.7. The highest BCUT2D eigenvalue weighted by Gasteiger charge is 2.40. The Labute approximate surface area is 111 Å². The average Bonchev–Trinajstić information content (AvgIpc) is 2.85. The number of ketones is 1. The van der Waals surface area contributed by atoms with Crippen LogP contribution in [0.25, 0.3) is 0 Å². The lowest BCUT2D eigenvalue weighted by Crippen LogP contribution is -2.38. The van der Waals surface area contributed by atoms with Crippen LogP contribution < -0.4 is 0 Å². The number of benzene rings is 1. The Kier molecular flexibility index (Phi) is 4.03. The average molecular weight is 271 g/mol. The smallest absolute Gasteiger partial charge is 0.169 e. The summed E-state index contributed by atoms with van der Waals surface area (Å²) in [4.78, 5) is 12.3. The second kappa shape index (κ2) is 5.37. The fourth-order valence-corrected chi connectivity index (χ4v) is 2.75. The SMILES string of the molecule is COC1(C(=O)Cc2cccc(F)c2Cl)CCCC1. The molecule has 0 N–H and O–H groups in total. The van der Waals surface area contributed by atoms with Crippen LogP contribution >= 0.6 is 11.6 Å². The summed E-state index contributed by atoms with van der Waals surface area (Å²) in [7, 11) is 1.57. The van der Waals surface area contributed by atoms with Gasteiger partial charge in [0, 0.05) is 13.5 Å². The molecule has 2 rings (SSSR count). The molecule has 4 heteroatoms. The summed E-state index contributed by atoms with van der Waals surface area (Å²) >= 11 is 5.86. The molecule has 0 atom stereocenters. The maximum Gasteiger partial charge on any atom is 0.169 e. The summed E-state index contributed by atoms with van der Waals surface area (Å²) in [6, 6.07) is 4.54. The number of halogens is 2. The van der Waals surface area contributed by atoms with Gasteiger partial charge in [-0.05, 0) is 37.3 Å². The highest BCUT2D eigenvalue weighted by molar-refractivity contribution is 6.31. The van der Waals surface area contributed by atoms with Crippen molar-refractivity contribution in [1.82, 2.24) is 0 Å². The number of carbonyl (C=O) groups excluding carboxylic acids is 1. The molecule has 0 bridgehead atoms. The van der Waals surface area contributed by atoms with Crippen molar-refractivity contribution in [2.45, 2.75) is 37.7 Å². The van der Waals surface area contributed by atoms with Crippen LogP contribution in [-0.4, -0.2) is 18.5 Å². The molecular weight excluding hydrogens is 255 g/mol. The maximum atomic E-state index is 13.3. The number of ether oxygens (including phenoxy) is 1. The molecule has 18 heavy (non-hydrogen) atoms. The fraction of sp³-hybridized carbons (Fsp3) is 0.500. The van der Waals surface area contributed by atoms with Crippen LogP contribution in [0.1, 0.15) is 31.2 Å². The first-order valence-corrected chi connectivity index (χ1v) is 6.48. The first-order valence-electron chi connectivity index (χ1n) is 6.10. The predicted molar refractivity (Wildman–Crippen MR) is 68.3 cm³/mol. The van der Waals surface area contributed by atoms with E-state index in [1.807, 2.05) is 0 Å². The minimum Gasteiger partial charge on any atom is -0.370 e. The van der Waals surface area contributed by atoms with Crippen LogP contribution in [0.2, 0.25) is 5.02 Å². The molecule has 2 nitrogen and oxygen atoms in total. The molecule has 1 saturated carbocycles. The Morgan fingerprint density at radius 2 is 2.11 bits per heavy atom. The molecule has 1 aromatic carbocycles. The third-order valence-corrected chi connectivity index (χ3v) is 4.12. The van der Waals surface area contributed by atoms with E-state index in [9.17, 15) is 9.18 Å². The van der Waals surface area contributed by atoms with E-state index in [1.54, 1.807) is 19.2 Å². The van der Waals surface area contributed by atoms with Crippen molar-refractivity contribution in [2.24, 2.45) is 0 Å². The number of hydrogen-bond acceptors (Lipinski definition) is 2. The number of hydrogen-bond donors (Lipinski definition) is 0. The van der Waals surface area contributed by atoms with Gasteiger partial charge in [0.25, 0.3) is 0 Å². The van der Waals surface area contributed by atoms with Crippen molar-refractivity contribution in [2.75, 3.05) is 7.11 Å². The zero-order valence-electron chi connectivity index (χ0n) is 10.3. The third-order valence-electron chi connectivity index (χ3n) is 3.69. The summed E-state index contributed by atoms with van der Waals surface area (Å²) in [5, 5.41) is 0.0371. The molecule has 1 aliphatic rings. The number of methoxy groups -OCH3 is 1. The number of carbonyl (C=O) groups is 1. The minimum absolute atomic E-state index is 0.00463. The van der Waals surface area contributed by atoms with Gasteiger partial charge >= 0.3 is 0 Å². The van der Waals surface area contributed by atoms with Crippen LogP contribution in [0, 0.1) is 5.82 Å². The van der Waals surface area contributed by atoms with E-state index in [-0.39, 0.29) is 17.2 Å². The lowest BCUT2D eigenvalue weighted by atomic mass is 9.91. The van der Waals surface area contributed by atoms with Crippen molar-refractivity contribution < 1.29 is 13.9 Å². The molecule has 1 fully saturated rings. The molecule has 0 unspecified atom stereocenters. The van der Waals surface area contributed by atoms with Gasteiger partial charge in [-0.15, -0.1) is 0 Å². The van der Waals surface area contributed by atoms with Gasteiger partial charge in [-0.3, -0.25) is 4.79 Å². The quantitative estimate of drug-likeness (QED) is 0.836. The molecule has 98 valence electrons. The molecule has 1 aromatic rings. The molecule has 0 aliphatic heterocycles. The van der Waals surface area contributed by atoms with Crippen molar-refractivity contribution in [3.63, 3.8) is 0 Å². The van der Waals surface area contributed by atoms with Gasteiger partial charge < -0.3 is 4.74 Å². The Balaban J connectivity index is 2.18. The van der Waals surface area contributed by atoms with Crippen LogP contribution in [0.4, 0.5) is 4.39 Å². The standard InChI is InChI=1S/C14H16ClFO2/c1-18-14(7-2-3-8-14)12(17)9-10-5-4-6-11(16)13(10)15/h4-6H,2-3,7-9H2,1H3. The minimum atomic E-state index is -0.685. The van der Waals surface area contributed by atoms with E-state index in [0.29, 0.717) is 5.56 Å². The molecule has 0 spiro atoms. The Bertz CT molecular complexity index is 453. The first-order chi connectivity index (χ1) is 8.59. The van der Waals surface area contributed by atoms with Crippen molar-refractivity contribution in [1.29, 1.82) is 0 Å². The second-order valence-electron chi connectivity index (χ2n) is 4.72. The topological polar surface area (TPSA) is 26.3 Å². The zero-order chi connectivity index (χ0) is 13.2. The van der Waals surface area contributed by atoms with Crippen LogP contribution in [0.5, 0.6) is 0 Å². The monoisotopic (exact) mass is 270 g/mol. The van der Waals surface area contributed by atoms with Crippen molar-refractivity contribution in [3.8, 4) is 0 Å². The molecule has 0 radical (unpaired) electrons. The predicted octanol–water partition coefficient (Wildman–Crippen LogP) is 3.55. The largest absolute Gasteiger partial charge is 0.370 e. The van der Waals surface area contributed by atoms with E-state index < -0.39 is 11.4 Å². The molecule has 0 aromatic heterocycles. The third kappa shape index (κ3) is 2.43. The fourth-order valence-electron chi connectivity index (χ4n) is 2.56. The second-order valence-corrected chi connectivity index (χ2v) is 5.10. The lowest BCUT2D eigenvalue weighted by molar-refractivity contribution is -0.139. The summed E-state index contributed by atoms with van der Waals surface area (Å²) in [5.41, 5.74) is -0.152. The van der Waals surface area contributed by atoms with Crippen LogP contribution in [0.3, 0.4) is 0 Å². The molecule has 1 aliphatic carbocycles. The number of Topliss-reactive ketones (excluding diaryl/α,β-unsaturated/α-hetero) is 1. The highest BCUT2D eigenvalue weighted by Crippen LogP contribution is 2.35. The van der Waals surface area contributed by atoms with E-state index in [0.717, 1.165) is 25.7 Å². The van der Waals surface area contributed by atoms with Gasteiger partial charge in [-0.2, -0.15) is 0 Å². The maximum absolute atomic E-state index is 13.3. The van der Waals surface area contributed by atoms with Crippen LogP contribution in [-0.2, 0) is 16.0 Å². The normalized spacial score (nSPS) is 17.9. The Hall–Kier alpha value is -0.930. The molecule has 0 heterocycles. The van der Waals surface area contributed by atoms with Crippen LogP contribution in [0.15, 0.2) is 18.2 Å². The van der Waals surface area contributed by atoms with E-state index in [4.69, 9.17) is 16.3 Å². The zero-order valence-corrected chi connectivity index (χ0v) is 11.1. The Morgan fingerprint density at radius 3 is 2.72 bits per heavy atom. The molecule has 0 amide bonds. The van der Waals surface area contributed by atoms with Gasteiger partial charge in [0.15, 0.2) is 5.78 Å². The van der Waals surface area contributed by atoms with Gasteiger partial charge in [-0.1, -0.05) is 23.7 Å². The first kappa shape index (κ1) is 13.5. The van der Waals surface area contributed by atoms with E-state index in [1.165, 1.54) is 6.07 Å². The van der Waals surface area contributed by atoms with Gasteiger partial charge in [0.2, 0.25) is 0 Å². The molecular formula is C14H16ClFO2. The van der Waals surface area contributed by atoms with Gasteiger partial charge in [0.05, 0.1) is 5.02 Å². The van der Waals surface area contributed by atoms with E-state index >= 15 is 0 Å². The Morgan fingerprint density at radius 1 is 1.44 bits per heavy atom.